The van der Waals surface area contributed by atoms with Crippen LogP contribution in [-0.4, -0.2) is 24.7 Å². The van der Waals surface area contributed by atoms with Crippen LogP contribution >= 0.6 is 11.8 Å². The first-order valence-electron chi connectivity index (χ1n) is 5.46. The summed E-state index contributed by atoms with van der Waals surface area (Å²) >= 11 is 1.03. The average Bonchev–Trinajstić information content (AvgIpc) is 2.87. The van der Waals surface area contributed by atoms with Crippen molar-refractivity contribution in [3.8, 4) is 0 Å². The third-order valence-electron chi connectivity index (χ3n) is 2.27. The van der Waals surface area contributed by atoms with Crippen molar-refractivity contribution in [2.45, 2.75) is 36.4 Å². The van der Waals surface area contributed by atoms with Crippen LogP contribution in [0.2, 0.25) is 0 Å². The van der Waals surface area contributed by atoms with Gasteiger partial charge in [-0.2, -0.15) is 0 Å². The largest absolute Gasteiger partial charge is 0.415 e. The second-order valence-corrected chi connectivity index (χ2v) is 5.91. The van der Waals surface area contributed by atoms with Gasteiger partial charge in [0.15, 0.2) is 5.03 Å². The molecule has 0 aliphatic rings. The lowest BCUT2D eigenvalue weighted by Crippen LogP contribution is -2.11. The lowest BCUT2D eigenvalue weighted by molar-refractivity contribution is -0.392. The Bertz CT molecular complexity index is 613. The Kier molecular flexibility index (Phi) is 3.31. The van der Waals surface area contributed by atoms with Gasteiger partial charge in [-0.1, -0.05) is 20.8 Å². The molecule has 2 aromatic heterocycles. The molecule has 0 bridgehead atoms. The summed E-state index contributed by atoms with van der Waals surface area (Å²) in [5.74, 6) is 0.267. The number of hydrogen-bond acceptors (Lipinski definition) is 7. The minimum Gasteiger partial charge on any atom is -0.415 e. The maximum atomic E-state index is 10.8. The Morgan fingerprint density at radius 1 is 1.42 bits per heavy atom. The van der Waals surface area contributed by atoms with Crippen LogP contribution in [-0.2, 0) is 12.5 Å². The van der Waals surface area contributed by atoms with Gasteiger partial charge in [0.25, 0.3) is 5.22 Å². The van der Waals surface area contributed by atoms with Gasteiger partial charge in [-0.25, -0.2) is 0 Å². The average molecular weight is 283 g/mol. The maximum absolute atomic E-state index is 10.8. The Labute approximate surface area is 113 Å². The van der Waals surface area contributed by atoms with E-state index in [1.807, 2.05) is 20.8 Å². The molecule has 2 aromatic rings. The van der Waals surface area contributed by atoms with E-state index < -0.39 is 4.92 Å². The van der Waals surface area contributed by atoms with Crippen molar-refractivity contribution in [2.24, 2.45) is 7.05 Å². The van der Waals surface area contributed by atoms with E-state index in [0.717, 1.165) is 11.8 Å². The van der Waals surface area contributed by atoms with Crippen molar-refractivity contribution in [2.75, 3.05) is 0 Å². The van der Waals surface area contributed by atoms with Crippen molar-refractivity contribution >= 4 is 17.6 Å². The summed E-state index contributed by atoms with van der Waals surface area (Å²) in [4.78, 5) is 14.0. The smallest absolute Gasteiger partial charge is 0.396 e. The number of hydrogen-bond donors (Lipinski definition) is 0. The molecule has 0 N–H and O–H groups in total. The predicted octanol–water partition coefficient (Wildman–Crippen LogP) is 2.16. The zero-order valence-electron chi connectivity index (χ0n) is 10.9. The van der Waals surface area contributed by atoms with Crippen LogP contribution in [0, 0.1) is 10.1 Å². The zero-order valence-corrected chi connectivity index (χ0v) is 11.8. The van der Waals surface area contributed by atoms with Gasteiger partial charge in [0.2, 0.25) is 12.2 Å². The fourth-order valence-corrected chi connectivity index (χ4v) is 2.06. The summed E-state index contributed by atoms with van der Waals surface area (Å²) in [6.07, 6.45) is 1.38. The van der Waals surface area contributed by atoms with Gasteiger partial charge in [-0.15, -0.1) is 10.2 Å². The molecular weight excluding hydrogens is 270 g/mol. The van der Waals surface area contributed by atoms with Crippen molar-refractivity contribution in [3.63, 3.8) is 0 Å². The number of imidazole rings is 1. The molecule has 0 unspecified atom stereocenters. The van der Waals surface area contributed by atoms with Crippen LogP contribution in [0.3, 0.4) is 0 Å². The van der Waals surface area contributed by atoms with Crippen LogP contribution in [0.5, 0.6) is 0 Å². The highest BCUT2D eigenvalue weighted by molar-refractivity contribution is 7.99. The van der Waals surface area contributed by atoms with Crippen LogP contribution in [0.25, 0.3) is 0 Å². The second kappa shape index (κ2) is 4.65. The van der Waals surface area contributed by atoms with E-state index in [1.54, 1.807) is 11.6 Å². The highest BCUT2D eigenvalue weighted by Crippen LogP contribution is 2.34. The fraction of sp³-hybridized carbons (Fsp3) is 0.500. The monoisotopic (exact) mass is 283 g/mol. The summed E-state index contributed by atoms with van der Waals surface area (Å²) < 4.78 is 7.03. The first-order chi connectivity index (χ1) is 8.79. The molecule has 8 nitrogen and oxygen atoms in total. The quantitative estimate of drug-likeness (QED) is 0.628. The van der Waals surface area contributed by atoms with E-state index in [1.165, 1.54) is 6.33 Å². The van der Waals surface area contributed by atoms with E-state index in [4.69, 9.17) is 4.42 Å². The molecule has 19 heavy (non-hydrogen) atoms. The SMILES string of the molecule is Cn1cnc([N+](=O)[O-])c1Sc1nnc(C(C)(C)C)o1. The molecule has 0 fully saturated rings. The van der Waals surface area contributed by atoms with Gasteiger partial charge in [0, 0.05) is 12.5 Å². The third-order valence-corrected chi connectivity index (χ3v) is 3.27. The molecule has 2 heterocycles. The predicted molar refractivity (Wildman–Crippen MR) is 67.0 cm³/mol. The number of aryl methyl sites for hydroxylation is 1. The summed E-state index contributed by atoms with van der Waals surface area (Å²) in [6, 6.07) is 0. The Morgan fingerprint density at radius 2 is 2.11 bits per heavy atom. The van der Waals surface area contributed by atoms with Crippen molar-refractivity contribution < 1.29 is 9.34 Å². The van der Waals surface area contributed by atoms with Crippen molar-refractivity contribution in [1.82, 2.24) is 19.7 Å². The van der Waals surface area contributed by atoms with Gasteiger partial charge < -0.3 is 19.1 Å². The molecule has 2 rings (SSSR count). The first-order valence-corrected chi connectivity index (χ1v) is 6.28. The topological polar surface area (TPSA) is 99.9 Å². The highest BCUT2D eigenvalue weighted by atomic mass is 32.2. The molecule has 9 heteroatoms. The Balaban J connectivity index is 2.29. The van der Waals surface area contributed by atoms with E-state index in [9.17, 15) is 10.1 Å². The molecule has 0 aromatic carbocycles. The molecule has 0 radical (unpaired) electrons. The lowest BCUT2D eigenvalue weighted by Gasteiger charge is -2.10. The zero-order chi connectivity index (χ0) is 14.2. The molecule has 0 spiro atoms. The van der Waals surface area contributed by atoms with Gasteiger partial charge in [-0.05, 0) is 21.7 Å². The second-order valence-electron chi connectivity index (χ2n) is 4.97. The lowest BCUT2D eigenvalue weighted by atomic mass is 9.97. The van der Waals surface area contributed by atoms with Gasteiger partial charge in [0.1, 0.15) is 0 Å². The minimum absolute atomic E-state index is 0.219. The number of nitrogens with zero attached hydrogens (tertiary/aromatic N) is 5. The van der Waals surface area contributed by atoms with Crippen LogP contribution in [0.1, 0.15) is 26.7 Å². The molecule has 102 valence electrons. The molecular formula is C10H13N5O3S. The molecule has 0 aliphatic carbocycles. The van der Waals surface area contributed by atoms with Crippen LogP contribution < -0.4 is 0 Å². The first kappa shape index (κ1) is 13.5. The van der Waals surface area contributed by atoms with Gasteiger partial charge >= 0.3 is 5.82 Å². The van der Waals surface area contributed by atoms with Gasteiger partial charge in [0.05, 0.1) is 0 Å². The van der Waals surface area contributed by atoms with Crippen LogP contribution in [0.15, 0.2) is 21.0 Å². The standard InChI is InChI=1S/C10H13N5O3S/c1-10(2,3)8-12-13-9(18-8)19-7-6(15(16)17)11-5-14(7)4/h5H,1-4H3. The van der Waals surface area contributed by atoms with Crippen LogP contribution in [0.4, 0.5) is 5.82 Å². The Hall–Kier alpha value is -1.90. The van der Waals surface area contributed by atoms with E-state index in [2.05, 4.69) is 15.2 Å². The summed E-state index contributed by atoms with van der Waals surface area (Å²) in [5.41, 5.74) is -0.260. The third kappa shape index (κ3) is 2.75. The van der Waals surface area contributed by atoms with Crippen molar-refractivity contribution in [3.05, 3.63) is 22.3 Å². The highest BCUT2D eigenvalue weighted by Gasteiger charge is 2.26. The molecule has 0 saturated heterocycles. The summed E-state index contributed by atoms with van der Waals surface area (Å²) in [7, 11) is 1.67. The maximum Gasteiger partial charge on any atom is 0.396 e. The fourth-order valence-electron chi connectivity index (χ4n) is 1.29. The molecule has 0 saturated carbocycles. The summed E-state index contributed by atoms with van der Waals surface area (Å²) in [6.45, 7) is 5.84. The Morgan fingerprint density at radius 3 is 2.63 bits per heavy atom. The van der Waals surface area contributed by atoms with Gasteiger partial charge in [-0.3, -0.25) is 0 Å². The number of aromatic nitrogens is 4. The number of rotatable bonds is 3. The summed E-state index contributed by atoms with van der Waals surface area (Å²) in [5, 5.41) is 19.3. The normalized spacial score (nSPS) is 11.8. The molecule has 0 atom stereocenters. The molecule has 0 amide bonds. The molecule has 0 aliphatic heterocycles. The van der Waals surface area contributed by atoms with Crippen molar-refractivity contribution in [1.29, 1.82) is 0 Å². The van der Waals surface area contributed by atoms with E-state index in [-0.39, 0.29) is 16.5 Å². The number of nitro groups is 1. The van der Waals surface area contributed by atoms with E-state index >= 15 is 0 Å². The van der Waals surface area contributed by atoms with E-state index in [0.29, 0.717) is 10.9 Å². The minimum atomic E-state index is -0.538.